The normalized spacial score (nSPS) is 12.7. The average Bonchev–Trinajstić information content (AvgIpc) is 3.04. The molecule has 5 nitrogen and oxygen atoms in total. The van der Waals surface area contributed by atoms with E-state index in [9.17, 15) is 14.7 Å². The fourth-order valence-corrected chi connectivity index (χ4v) is 5.01. The highest BCUT2D eigenvalue weighted by Gasteiger charge is 2.16. The predicted octanol–water partition coefficient (Wildman–Crippen LogP) is 11.5. The van der Waals surface area contributed by atoms with Gasteiger partial charge >= 0.3 is 11.9 Å². The Morgan fingerprint density at radius 1 is 0.511 bits per heavy atom. The Morgan fingerprint density at radius 2 is 0.889 bits per heavy atom. The number of carbonyl (C=O) groups excluding carboxylic acids is 2. The van der Waals surface area contributed by atoms with Crippen molar-refractivity contribution in [3.63, 3.8) is 0 Å². The van der Waals surface area contributed by atoms with Crippen LogP contribution in [0.2, 0.25) is 0 Å². The molecule has 0 aliphatic heterocycles. The van der Waals surface area contributed by atoms with Crippen LogP contribution < -0.4 is 0 Å². The molecule has 0 rings (SSSR count). The highest BCUT2D eigenvalue weighted by atomic mass is 16.6. The number of allylic oxidation sites excluding steroid dienone is 8. The Morgan fingerprint density at radius 3 is 1.38 bits per heavy atom. The first-order chi connectivity index (χ1) is 22.1. The van der Waals surface area contributed by atoms with E-state index in [1.807, 2.05) is 0 Å². The van der Waals surface area contributed by atoms with Gasteiger partial charge in [0.2, 0.25) is 0 Å². The number of carbonyl (C=O) groups is 2. The SMILES string of the molecule is CCCCCC=CCC=CCC=CCC=CCCCCCC(=O)OCC(CO)OC(=O)CCCCCCCCCCCCCC. The molecule has 0 aromatic heterocycles. The summed E-state index contributed by atoms with van der Waals surface area (Å²) in [5.74, 6) is -0.628. The number of unbranched alkanes of at least 4 members (excludes halogenated alkanes) is 17. The van der Waals surface area contributed by atoms with Gasteiger partial charge in [0, 0.05) is 12.8 Å². The Labute approximate surface area is 278 Å². The van der Waals surface area contributed by atoms with E-state index in [4.69, 9.17) is 9.47 Å². The van der Waals surface area contributed by atoms with Crippen molar-refractivity contribution in [3.05, 3.63) is 48.6 Å². The average molecular weight is 631 g/mol. The quantitative estimate of drug-likeness (QED) is 0.0444. The lowest BCUT2D eigenvalue weighted by molar-refractivity contribution is -0.161. The smallest absolute Gasteiger partial charge is 0.306 e. The van der Waals surface area contributed by atoms with Gasteiger partial charge in [-0.3, -0.25) is 9.59 Å². The maximum Gasteiger partial charge on any atom is 0.306 e. The van der Waals surface area contributed by atoms with Gasteiger partial charge < -0.3 is 14.6 Å². The van der Waals surface area contributed by atoms with Crippen LogP contribution in [0.5, 0.6) is 0 Å². The zero-order valence-corrected chi connectivity index (χ0v) is 29.4. The number of esters is 2. The van der Waals surface area contributed by atoms with Gasteiger partial charge in [0.05, 0.1) is 6.61 Å². The maximum atomic E-state index is 12.1. The van der Waals surface area contributed by atoms with Crippen molar-refractivity contribution in [2.75, 3.05) is 13.2 Å². The van der Waals surface area contributed by atoms with Crippen LogP contribution in [-0.4, -0.2) is 36.4 Å². The maximum absolute atomic E-state index is 12.1. The van der Waals surface area contributed by atoms with Crippen molar-refractivity contribution in [1.29, 1.82) is 0 Å². The molecule has 1 atom stereocenters. The topological polar surface area (TPSA) is 72.8 Å². The van der Waals surface area contributed by atoms with Gasteiger partial charge in [-0.1, -0.05) is 152 Å². The molecule has 260 valence electrons. The molecular formula is C40H70O5. The lowest BCUT2D eigenvalue weighted by Gasteiger charge is -2.15. The van der Waals surface area contributed by atoms with Gasteiger partial charge in [-0.05, 0) is 57.8 Å². The third-order valence-electron chi connectivity index (χ3n) is 7.88. The molecule has 0 bridgehead atoms. The first kappa shape index (κ1) is 42.9. The zero-order chi connectivity index (χ0) is 32.9. The molecule has 0 fully saturated rings. The minimum Gasteiger partial charge on any atom is -0.462 e. The number of aliphatic hydroxyl groups is 1. The standard InChI is InChI=1S/C40H70O5/c1-3-5-7-9-11-13-15-17-18-19-20-21-22-23-25-26-28-30-32-34-39(42)44-37-38(36-41)45-40(43)35-33-31-29-27-24-16-14-12-10-8-6-4-2/h11,13,17-18,20-21,23,25,38,41H,3-10,12,14-16,19,22,24,26-37H2,1-2H3. The molecule has 0 radical (unpaired) electrons. The van der Waals surface area contributed by atoms with Crippen LogP contribution in [0, 0.1) is 0 Å². The summed E-state index contributed by atoms with van der Waals surface area (Å²) in [5.41, 5.74) is 0. The van der Waals surface area contributed by atoms with Crippen LogP contribution in [0.3, 0.4) is 0 Å². The third-order valence-corrected chi connectivity index (χ3v) is 7.88. The van der Waals surface area contributed by atoms with E-state index in [-0.39, 0.29) is 25.2 Å². The van der Waals surface area contributed by atoms with Gasteiger partial charge in [-0.25, -0.2) is 0 Å². The second-order valence-corrected chi connectivity index (χ2v) is 12.3. The van der Waals surface area contributed by atoms with Gasteiger partial charge in [0.15, 0.2) is 6.10 Å². The molecule has 0 aromatic rings. The van der Waals surface area contributed by atoms with Crippen molar-refractivity contribution in [2.24, 2.45) is 0 Å². The molecule has 0 aliphatic carbocycles. The number of aliphatic hydroxyl groups excluding tert-OH is 1. The van der Waals surface area contributed by atoms with Crippen molar-refractivity contribution >= 4 is 11.9 Å². The molecule has 0 saturated carbocycles. The van der Waals surface area contributed by atoms with E-state index < -0.39 is 6.10 Å². The predicted molar refractivity (Wildman–Crippen MR) is 191 cm³/mol. The molecule has 0 saturated heterocycles. The van der Waals surface area contributed by atoms with E-state index in [0.717, 1.165) is 64.2 Å². The summed E-state index contributed by atoms with van der Waals surface area (Å²) in [6, 6.07) is 0. The van der Waals surface area contributed by atoms with E-state index >= 15 is 0 Å². The van der Waals surface area contributed by atoms with Gasteiger partial charge in [-0.2, -0.15) is 0 Å². The second-order valence-electron chi connectivity index (χ2n) is 12.3. The summed E-state index contributed by atoms with van der Waals surface area (Å²) >= 11 is 0. The fraction of sp³-hybridized carbons (Fsp3) is 0.750. The molecule has 0 aromatic carbocycles. The number of rotatable bonds is 33. The summed E-state index contributed by atoms with van der Waals surface area (Å²) in [6.45, 7) is 4.07. The van der Waals surface area contributed by atoms with E-state index in [1.54, 1.807) is 0 Å². The zero-order valence-electron chi connectivity index (χ0n) is 29.4. The number of hydrogen-bond acceptors (Lipinski definition) is 5. The largest absolute Gasteiger partial charge is 0.462 e. The van der Waals surface area contributed by atoms with Crippen LogP contribution in [0.25, 0.3) is 0 Å². The van der Waals surface area contributed by atoms with Crippen LogP contribution in [0.4, 0.5) is 0 Å². The van der Waals surface area contributed by atoms with Gasteiger partial charge in [0.1, 0.15) is 6.61 Å². The van der Waals surface area contributed by atoms with Crippen molar-refractivity contribution in [2.45, 2.75) is 180 Å². The summed E-state index contributed by atoms with van der Waals surface area (Å²) in [6.07, 6.45) is 44.5. The van der Waals surface area contributed by atoms with Gasteiger partial charge in [0.25, 0.3) is 0 Å². The molecule has 1 N–H and O–H groups in total. The summed E-state index contributed by atoms with van der Waals surface area (Å²) in [7, 11) is 0. The minimum atomic E-state index is -0.781. The molecular weight excluding hydrogens is 560 g/mol. The Balaban J connectivity index is 3.65. The van der Waals surface area contributed by atoms with Crippen LogP contribution in [-0.2, 0) is 19.1 Å². The van der Waals surface area contributed by atoms with Crippen LogP contribution in [0.1, 0.15) is 174 Å². The number of ether oxygens (including phenoxy) is 2. The molecule has 0 amide bonds. The van der Waals surface area contributed by atoms with Crippen molar-refractivity contribution in [1.82, 2.24) is 0 Å². The Kier molecular flexibility index (Phi) is 34.6. The van der Waals surface area contributed by atoms with Crippen LogP contribution >= 0.6 is 0 Å². The van der Waals surface area contributed by atoms with E-state index in [2.05, 4.69) is 62.5 Å². The highest BCUT2D eigenvalue weighted by Crippen LogP contribution is 2.13. The number of hydrogen-bond donors (Lipinski definition) is 1. The monoisotopic (exact) mass is 631 g/mol. The first-order valence-electron chi connectivity index (χ1n) is 18.7. The lowest BCUT2D eigenvalue weighted by Crippen LogP contribution is -2.28. The minimum absolute atomic E-state index is 0.0816. The molecule has 1 unspecified atom stereocenters. The highest BCUT2D eigenvalue weighted by molar-refractivity contribution is 5.70. The van der Waals surface area contributed by atoms with E-state index in [0.29, 0.717) is 12.8 Å². The third kappa shape index (κ3) is 34.6. The van der Waals surface area contributed by atoms with Crippen LogP contribution in [0.15, 0.2) is 48.6 Å². The fourth-order valence-electron chi connectivity index (χ4n) is 5.01. The lowest BCUT2D eigenvalue weighted by atomic mass is 10.0. The molecule has 0 spiro atoms. The summed E-state index contributed by atoms with van der Waals surface area (Å²) in [4.78, 5) is 24.2. The van der Waals surface area contributed by atoms with E-state index in [1.165, 1.54) is 83.5 Å². The molecule has 5 heteroatoms. The van der Waals surface area contributed by atoms with Gasteiger partial charge in [-0.15, -0.1) is 0 Å². The van der Waals surface area contributed by atoms with Crippen molar-refractivity contribution in [3.8, 4) is 0 Å². The Hall–Kier alpha value is -2.14. The Bertz CT molecular complexity index is 767. The molecule has 0 aliphatic rings. The summed E-state index contributed by atoms with van der Waals surface area (Å²) in [5, 5.41) is 9.52. The molecule has 45 heavy (non-hydrogen) atoms. The van der Waals surface area contributed by atoms with Crippen molar-refractivity contribution < 1.29 is 24.2 Å². The summed E-state index contributed by atoms with van der Waals surface area (Å²) < 4.78 is 10.6. The second kappa shape index (κ2) is 36.3. The first-order valence-corrected chi connectivity index (χ1v) is 18.7. The molecule has 0 heterocycles.